The number of allylic oxidation sites excluding steroid dienone is 2. The van der Waals surface area contributed by atoms with Gasteiger partial charge in [0.1, 0.15) is 11.9 Å². The van der Waals surface area contributed by atoms with Crippen LogP contribution in [0.3, 0.4) is 0 Å². The molecule has 1 aliphatic heterocycles. The Kier molecular flexibility index (Phi) is 7.87. The molecule has 2 unspecified atom stereocenters. The molecule has 0 N–H and O–H groups in total. The van der Waals surface area contributed by atoms with Gasteiger partial charge in [-0.1, -0.05) is 146 Å². The van der Waals surface area contributed by atoms with E-state index < -0.39 is 0 Å². The van der Waals surface area contributed by atoms with Crippen LogP contribution in [-0.2, 0) is 0 Å². The quantitative estimate of drug-likeness (QED) is 0.174. The second-order valence-electron chi connectivity index (χ2n) is 16.3. The van der Waals surface area contributed by atoms with Gasteiger partial charge < -0.3 is 4.74 Å². The van der Waals surface area contributed by atoms with E-state index in [0.29, 0.717) is 17.5 Å². The van der Waals surface area contributed by atoms with Gasteiger partial charge in [0.05, 0.1) is 0 Å². The van der Waals surface area contributed by atoms with Crippen LogP contribution in [0.2, 0.25) is 0 Å². The van der Waals surface area contributed by atoms with Crippen molar-refractivity contribution in [2.24, 2.45) is 0 Å². The van der Waals surface area contributed by atoms with E-state index in [1.807, 2.05) is 29.5 Å². The summed E-state index contributed by atoms with van der Waals surface area (Å²) in [4.78, 5) is 15.7. The lowest BCUT2D eigenvalue weighted by atomic mass is 9.87. The summed E-state index contributed by atoms with van der Waals surface area (Å²) in [5.41, 5.74) is 8.85. The molecule has 1 aliphatic carbocycles. The van der Waals surface area contributed by atoms with E-state index in [4.69, 9.17) is 19.7 Å². The molecule has 290 valence electrons. The maximum absolute atomic E-state index is 6.56. The summed E-state index contributed by atoms with van der Waals surface area (Å²) in [6.07, 6.45) is 8.69. The number of rotatable bonds is 5. The van der Waals surface area contributed by atoms with Crippen molar-refractivity contribution in [2.75, 3.05) is 0 Å². The van der Waals surface area contributed by atoms with Gasteiger partial charge >= 0.3 is 0 Å². The van der Waals surface area contributed by atoms with Gasteiger partial charge in [0, 0.05) is 48.3 Å². The minimum atomic E-state index is 0.0149. The number of nitrogens with zero attached hydrogens (tertiary/aromatic N) is 3. The van der Waals surface area contributed by atoms with E-state index in [2.05, 4.69) is 182 Å². The van der Waals surface area contributed by atoms with Crippen molar-refractivity contribution in [1.29, 1.82) is 0 Å². The Balaban J connectivity index is 1.03. The van der Waals surface area contributed by atoms with E-state index in [0.717, 1.165) is 49.5 Å². The van der Waals surface area contributed by atoms with Gasteiger partial charge in [-0.15, -0.1) is 11.3 Å². The number of fused-ring (bicyclic) bond motifs is 9. The Morgan fingerprint density at radius 2 is 1.13 bits per heavy atom. The molecule has 2 aliphatic rings. The molecule has 0 saturated heterocycles. The number of hydrogen-bond donors (Lipinski definition) is 0. The minimum Gasteiger partial charge on any atom is -0.485 e. The highest BCUT2D eigenvalue weighted by atomic mass is 32.1. The molecular formula is C57H35N3OS. The summed E-state index contributed by atoms with van der Waals surface area (Å²) in [5, 5.41) is 9.41. The molecule has 62 heavy (non-hydrogen) atoms. The Morgan fingerprint density at radius 3 is 2.05 bits per heavy atom. The monoisotopic (exact) mass is 809 g/mol. The number of aromatic nitrogens is 3. The average molecular weight is 810 g/mol. The van der Waals surface area contributed by atoms with Crippen LogP contribution in [-0.4, -0.2) is 21.1 Å². The Bertz CT molecular complexity index is 3690. The molecule has 13 rings (SSSR count). The summed E-state index contributed by atoms with van der Waals surface area (Å²) in [5.74, 6) is 3.11. The van der Waals surface area contributed by atoms with Crippen molar-refractivity contribution >= 4 is 63.8 Å². The first-order valence-electron chi connectivity index (χ1n) is 21.1. The zero-order valence-electron chi connectivity index (χ0n) is 33.4. The van der Waals surface area contributed by atoms with Gasteiger partial charge in [0.15, 0.2) is 17.5 Å². The molecule has 0 amide bonds. The van der Waals surface area contributed by atoms with Crippen LogP contribution >= 0.6 is 11.3 Å². The molecule has 3 heterocycles. The molecule has 9 aromatic carbocycles. The third kappa shape index (κ3) is 5.70. The number of ether oxygens (including phenoxy) is 1. The smallest absolute Gasteiger partial charge is 0.164 e. The maximum Gasteiger partial charge on any atom is 0.164 e. The standard InChI is InChI=1S/C57H35N3OS/c1-2-14-36(15-3-1)55-58-56(44-20-10-17-35-13-6-7-18-42(35)44)60-57(59-55)45-21-11-23-53-54(45)49-30-39(26-27-52(49)62-53)46-31-40(38-25-24-34-12-4-5-16-37(34)28-38)29-41-32-51-48(33-47(41)46)43-19-8-9-22-50(43)61-51/h1-33,43,50H. The third-order valence-electron chi connectivity index (χ3n) is 12.6. The summed E-state index contributed by atoms with van der Waals surface area (Å²) in [6, 6.07) is 63.2. The summed E-state index contributed by atoms with van der Waals surface area (Å²) < 4.78 is 8.97. The Hall–Kier alpha value is -7.73. The second kappa shape index (κ2) is 13.9. The fourth-order valence-electron chi connectivity index (χ4n) is 9.61. The second-order valence-corrected chi connectivity index (χ2v) is 17.3. The molecular weight excluding hydrogens is 775 g/mol. The number of benzene rings is 9. The number of thiophene rings is 1. The highest BCUT2D eigenvalue weighted by Gasteiger charge is 2.33. The van der Waals surface area contributed by atoms with Gasteiger partial charge in [-0.25, -0.2) is 15.0 Å². The van der Waals surface area contributed by atoms with Gasteiger partial charge in [0.25, 0.3) is 0 Å². The van der Waals surface area contributed by atoms with E-state index >= 15 is 0 Å². The zero-order valence-corrected chi connectivity index (χ0v) is 34.2. The third-order valence-corrected chi connectivity index (χ3v) is 13.8. The fraction of sp³-hybridized carbons (Fsp3) is 0.0351. The molecule has 2 atom stereocenters. The van der Waals surface area contributed by atoms with Crippen LogP contribution < -0.4 is 4.74 Å². The zero-order chi connectivity index (χ0) is 40.7. The van der Waals surface area contributed by atoms with Crippen LogP contribution in [0.5, 0.6) is 5.75 Å². The van der Waals surface area contributed by atoms with Crippen LogP contribution in [0, 0.1) is 0 Å². The van der Waals surface area contributed by atoms with E-state index in [-0.39, 0.29) is 12.0 Å². The molecule has 0 radical (unpaired) electrons. The first-order chi connectivity index (χ1) is 30.7. The molecule has 0 spiro atoms. The molecule has 5 heteroatoms. The molecule has 0 fully saturated rings. The first-order valence-corrected chi connectivity index (χ1v) is 21.9. The largest absolute Gasteiger partial charge is 0.485 e. The highest BCUT2D eigenvalue weighted by molar-refractivity contribution is 7.26. The Morgan fingerprint density at radius 1 is 0.403 bits per heavy atom. The minimum absolute atomic E-state index is 0.0149. The van der Waals surface area contributed by atoms with Crippen molar-refractivity contribution < 1.29 is 4.74 Å². The van der Waals surface area contributed by atoms with Crippen molar-refractivity contribution in [3.05, 3.63) is 206 Å². The van der Waals surface area contributed by atoms with Crippen molar-refractivity contribution in [3.63, 3.8) is 0 Å². The highest BCUT2D eigenvalue weighted by Crippen LogP contribution is 2.47. The van der Waals surface area contributed by atoms with Crippen LogP contribution in [0.1, 0.15) is 11.5 Å². The maximum atomic E-state index is 6.56. The molecule has 11 aromatic rings. The van der Waals surface area contributed by atoms with Crippen LogP contribution in [0.15, 0.2) is 200 Å². The van der Waals surface area contributed by atoms with Crippen LogP contribution in [0.25, 0.3) is 109 Å². The SMILES string of the molecule is C1=CC2Oc3cc4cc(-c5ccc6ccccc6c5)cc(-c5ccc6sc7cccc(-c8nc(-c9ccccc9)nc(-c9cccc%10ccccc9%10)n8)c7c6c5)c4cc3C2C=C1. The normalized spacial score (nSPS) is 15.4. The molecule has 0 saturated carbocycles. The van der Waals surface area contributed by atoms with E-state index in [9.17, 15) is 0 Å². The summed E-state index contributed by atoms with van der Waals surface area (Å²) >= 11 is 1.81. The average Bonchev–Trinajstić information content (AvgIpc) is 3.90. The molecule has 0 bridgehead atoms. The summed E-state index contributed by atoms with van der Waals surface area (Å²) in [7, 11) is 0. The van der Waals surface area contributed by atoms with Gasteiger partial charge in [-0.2, -0.15) is 0 Å². The van der Waals surface area contributed by atoms with Crippen LogP contribution in [0.4, 0.5) is 0 Å². The van der Waals surface area contributed by atoms with E-state index in [1.54, 1.807) is 0 Å². The lowest BCUT2D eigenvalue weighted by molar-refractivity contribution is 0.269. The molecule has 4 nitrogen and oxygen atoms in total. The fourth-order valence-corrected chi connectivity index (χ4v) is 10.7. The lowest BCUT2D eigenvalue weighted by Crippen LogP contribution is -2.15. The summed E-state index contributed by atoms with van der Waals surface area (Å²) in [6.45, 7) is 0. The predicted molar refractivity (Wildman–Crippen MR) is 258 cm³/mol. The Labute approximate surface area is 361 Å². The topological polar surface area (TPSA) is 47.9 Å². The van der Waals surface area contributed by atoms with Gasteiger partial charge in [0.2, 0.25) is 0 Å². The van der Waals surface area contributed by atoms with Gasteiger partial charge in [-0.3, -0.25) is 0 Å². The number of hydrogen-bond acceptors (Lipinski definition) is 5. The van der Waals surface area contributed by atoms with Crippen molar-refractivity contribution in [2.45, 2.75) is 12.0 Å². The first kappa shape index (κ1) is 35.1. The predicted octanol–water partition coefficient (Wildman–Crippen LogP) is 15.0. The van der Waals surface area contributed by atoms with E-state index in [1.165, 1.54) is 53.2 Å². The van der Waals surface area contributed by atoms with Gasteiger partial charge in [-0.05, 0) is 109 Å². The lowest BCUT2D eigenvalue weighted by Gasteiger charge is -2.15. The van der Waals surface area contributed by atoms with Crippen molar-refractivity contribution in [3.8, 4) is 62.2 Å². The van der Waals surface area contributed by atoms with Crippen molar-refractivity contribution in [1.82, 2.24) is 15.0 Å². The molecule has 2 aromatic heterocycles.